The summed E-state index contributed by atoms with van der Waals surface area (Å²) in [4.78, 5) is 6.93. The summed E-state index contributed by atoms with van der Waals surface area (Å²) in [5, 5.41) is 0. The molecule has 1 aliphatic rings. The number of aromatic nitrogens is 1. The Labute approximate surface area is 89.9 Å². The summed E-state index contributed by atoms with van der Waals surface area (Å²) < 4.78 is 0. The number of hydrogen-bond donors (Lipinski definition) is 0. The van der Waals surface area contributed by atoms with Crippen LogP contribution < -0.4 is 0 Å². The summed E-state index contributed by atoms with van der Waals surface area (Å²) in [5.41, 5.74) is 2.12. The standard InChI is InChI=1S/C11H15ClN2/c12-8-10-4-3-5-11(13-10)9-14-6-1-2-7-14/h3-5H,1-2,6-9H2. The van der Waals surface area contributed by atoms with Crippen molar-refractivity contribution in [3.63, 3.8) is 0 Å². The van der Waals surface area contributed by atoms with Gasteiger partial charge in [-0.15, -0.1) is 11.6 Å². The molecule has 76 valence electrons. The first-order chi connectivity index (χ1) is 6.88. The second-order valence-electron chi connectivity index (χ2n) is 3.74. The molecule has 0 atom stereocenters. The maximum atomic E-state index is 5.74. The van der Waals surface area contributed by atoms with E-state index in [2.05, 4.69) is 16.0 Å². The normalized spacial score (nSPS) is 17.5. The fraction of sp³-hybridized carbons (Fsp3) is 0.545. The molecule has 0 saturated carbocycles. The Balaban J connectivity index is 2.00. The molecule has 3 heteroatoms. The van der Waals surface area contributed by atoms with Gasteiger partial charge in [-0.1, -0.05) is 6.07 Å². The summed E-state index contributed by atoms with van der Waals surface area (Å²) in [6.45, 7) is 3.41. The lowest BCUT2D eigenvalue weighted by molar-refractivity contribution is 0.327. The summed E-state index contributed by atoms with van der Waals surface area (Å²) in [6, 6.07) is 6.09. The topological polar surface area (TPSA) is 16.1 Å². The van der Waals surface area contributed by atoms with Crippen molar-refractivity contribution in [2.24, 2.45) is 0 Å². The first-order valence-corrected chi connectivity index (χ1v) is 5.65. The second kappa shape index (κ2) is 4.76. The fourth-order valence-corrected chi connectivity index (χ4v) is 2.01. The molecule has 2 nitrogen and oxygen atoms in total. The molecule has 0 spiro atoms. The molecule has 1 aromatic heterocycles. The molecule has 0 aromatic carbocycles. The third-order valence-corrected chi connectivity index (χ3v) is 2.86. The van der Waals surface area contributed by atoms with Gasteiger partial charge in [0.1, 0.15) is 0 Å². The highest BCUT2D eigenvalue weighted by atomic mass is 35.5. The molecule has 1 aromatic rings. The zero-order chi connectivity index (χ0) is 9.80. The lowest BCUT2D eigenvalue weighted by Gasteiger charge is -2.13. The third-order valence-electron chi connectivity index (χ3n) is 2.59. The van der Waals surface area contributed by atoms with Crippen LogP contribution in [0.5, 0.6) is 0 Å². The van der Waals surface area contributed by atoms with Crippen LogP contribution in [-0.4, -0.2) is 23.0 Å². The summed E-state index contributed by atoms with van der Waals surface area (Å²) in [7, 11) is 0. The van der Waals surface area contributed by atoms with Gasteiger partial charge in [0.25, 0.3) is 0 Å². The molecule has 1 fully saturated rings. The van der Waals surface area contributed by atoms with Crippen LogP contribution in [0.15, 0.2) is 18.2 Å². The lowest BCUT2D eigenvalue weighted by Crippen LogP contribution is -2.19. The molecule has 2 rings (SSSR count). The van der Waals surface area contributed by atoms with E-state index in [1.54, 1.807) is 0 Å². The van der Waals surface area contributed by atoms with E-state index < -0.39 is 0 Å². The molecular weight excluding hydrogens is 196 g/mol. The molecule has 0 bridgehead atoms. The molecule has 0 aliphatic carbocycles. The molecule has 0 unspecified atom stereocenters. The molecule has 1 aliphatic heterocycles. The lowest BCUT2D eigenvalue weighted by atomic mass is 10.3. The molecule has 0 amide bonds. The average Bonchev–Trinajstić information content (AvgIpc) is 2.71. The van der Waals surface area contributed by atoms with Crippen molar-refractivity contribution in [2.45, 2.75) is 25.3 Å². The fourth-order valence-electron chi connectivity index (χ4n) is 1.86. The average molecular weight is 211 g/mol. The van der Waals surface area contributed by atoms with Gasteiger partial charge in [-0.3, -0.25) is 9.88 Å². The van der Waals surface area contributed by atoms with Crippen molar-refractivity contribution in [3.05, 3.63) is 29.6 Å². The number of rotatable bonds is 3. The minimum atomic E-state index is 0.508. The molecule has 0 radical (unpaired) electrons. The number of halogens is 1. The Morgan fingerprint density at radius 3 is 2.64 bits per heavy atom. The van der Waals surface area contributed by atoms with Gasteiger partial charge >= 0.3 is 0 Å². The molecule has 1 saturated heterocycles. The van der Waals surface area contributed by atoms with E-state index in [9.17, 15) is 0 Å². The number of pyridine rings is 1. The third kappa shape index (κ3) is 2.46. The Bertz CT molecular complexity index is 295. The smallest absolute Gasteiger partial charge is 0.0647 e. The van der Waals surface area contributed by atoms with Gasteiger partial charge in [0.05, 0.1) is 17.3 Å². The number of nitrogens with zero attached hydrogens (tertiary/aromatic N) is 2. The Morgan fingerprint density at radius 1 is 1.21 bits per heavy atom. The van der Waals surface area contributed by atoms with Crippen molar-refractivity contribution in [1.82, 2.24) is 9.88 Å². The molecular formula is C11H15ClN2. The minimum Gasteiger partial charge on any atom is -0.298 e. The Kier molecular flexibility index (Phi) is 3.38. The van der Waals surface area contributed by atoms with Gasteiger partial charge in [-0.05, 0) is 38.1 Å². The van der Waals surface area contributed by atoms with E-state index in [1.165, 1.54) is 25.9 Å². The van der Waals surface area contributed by atoms with Crippen molar-refractivity contribution >= 4 is 11.6 Å². The zero-order valence-corrected chi connectivity index (χ0v) is 9.00. The minimum absolute atomic E-state index is 0.508. The first kappa shape index (κ1) is 9.94. The van der Waals surface area contributed by atoms with Crippen molar-refractivity contribution in [3.8, 4) is 0 Å². The largest absolute Gasteiger partial charge is 0.298 e. The highest BCUT2D eigenvalue weighted by molar-refractivity contribution is 6.16. The Morgan fingerprint density at radius 2 is 1.93 bits per heavy atom. The summed E-state index contributed by atoms with van der Waals surface area (Å²) in [6.07, 6.45) is 2.66. The maximum Gasteiger partial charge on any atom is 0.0647 e. The SMILES string of the molecule is ClCc1cccc(CN2CCCC2)n1. The summed E-state index contributed by atoms with van der Waals surface area (Å²) >= 11 is 5.74. The van der Waals surface area contributed by atoms with E-state index in [0.717, 1.165) is 17.9 Å². The molecule has 14 heavy (non-hydrogen) atoms. The van der Waals surface area contributed by atoms with E-state index in [-0.39, 0.29) is 0 Å². The predicted molar refractivity (Wildman–Crippen MR) is 58.3 cm³/mol. The van der Waals surface area contributed by atoms with E-state index >= 15 is 0 Å². The van der Waals surface area contributed by atoms with Gasteiger partial charge in [0, 0.05) is 6.54 Å². The first-order valence-electron chi connectivity index (χ1n) is 5.11. The number of hydrogen-bond acceptors (Lipinski definition) is 2. The quantitative estimate of drug-likeness (QED) is 0.713. The van der Waals surface area contributed by atoms with Gasteiger partial charge in [-0.2, -0.15) is 0 Å². The predicted octanol–water partition coefficient (Wildman–Crippen LogP) is 2.42. The Hall–Kier alpha value is -0.600. The van der Waals surface area contributed by atoms with Crippen LogP contribution in [0.25, 0.3) is 0 Å². The van der Waals surface area contributed by atoms with Crippen molar-refractivity contribution in [1.29, 1.82) is 0 Å². The molecule has 2 heterocycles. The highest BCUT2D eigenvalue weighted by Gasteiger charge is 2.12. The maximum absolute atomic E-state index is 5.74. The van der Waals surface area contributed by atoms with Gasteiger partial charge in [0.15, 0.2) is 0 Å². The van der Waals surface area contributed by atoms with Crippen LogP contribution in [0, 0.1) is 0 Å². The monoisotopic (exact) mass is 210 g/mol. The van der Waals surface area contributed by atoms with Crippen LogP contribution in [0.3, 0.4) is 0 Å². The van der Waals surface area contributed by atoms with Crippen LogP contribution in [0.4, 0.5) is 0 Å². The van der Waals surface area contributed by atoms with E-state index in [4.69, 9.17) is 11.6 Å². The summed E-state index contributed by atoms with van der Waals surface area (Å²) in [5.74, 6) is 0.508. The van der Waals surface area contributed by atoms with E-state index in [1.807, 2.05) is 12.1 Å². The number of likely N-dealkylation sites (tertiary alicyclic amines) is 1. The van der Waals surface area contributed by atoms with Gasteiger partial charge < -0.3 is 0 Å². The van der Waals surface area contributed by atoms with Crippen LogP contribution in [0.2, 0.25) is 0 Å². The van der Waals surface area contributed by atoms with Gasteiger partial charge in [-0.25, -0.2) is 0 Å². The molecule has 0 N–H and O–H groups in total. The van der Waals surface area contributed by atoms with E-state index in [0.29, 0.717) is 5.88 Å². The van der Waals surface area contributed by atoms with Crippen LogP contribution >= 0.6 is 11.6 Å². The number of alkyl halides is 1. The second-order valence-corrected chi connectivity index (χ2v) is 4.00. The highest BCUT2D eigenvalue weighted by Crippen LogP contribution is 2.11. The van der Waals surface area contributed by atoms with Crippen LogP contribution in [0.1, 0.15) is 24.2 Å². The van der Waals surface area contributed by atoms with Crippen molar-refractivity contribution < 1.29 is 0 Å². The van der Waals surface area contributed by atoms with Gasteiger partial charge in [0.2, 0.25) is 0 Å². The zero-order valence-electron chi connectivity index (χ0n) is 8.25. The van der Waals surface area contributed by atoms with Crippen LogP contribution in [-0.2, 0) is 12.4 Å². The van der Waals surface area contributed by atoms with Crippen molar-refractivity contribution in [2.75, 3.05) is 13.1 Å².